The van der Waals surface area contributed by atoms with E-state index in [1.807, 2.05) is 36.1 Å². The first kappa shape index (κ1) is 18.5. The molecule has 1 fully saturated rings. The van der Waals surface area contributed by atoms with Crippen LogP contribution in [0, 0.1) is 0 Å². The first-order valence-electron chi connectivity index (χ1n) is 8.76. The predicted octanol–water partition coefficient (Wildman–Crippen LogP) is 1.86. The number of ether oxygens (including phenoxy) is 1. The van der Waals surface area contributed by atoms with Gasteiger partial charge in [-0.05, 0) is 19.4 Å². The summed E-state index contributed by atoms with van der Waals surface area (Å²) in [4.78, 5) is 16.5. The number of carbonyl (C=O) groups excluding carboxylic acids is 1. The number of benzene rings is 1. The minimum atomic E-state index is -0.110. The summed E-state index contributed by atoms with van der Waals surface area (Å²) in [5, 5.41) is 12.0. The second-order valence-corrected chi connectivity index (χ2v) is 6.11. The highest BCUT2D eigenvalue weighted by Crippen LogP contribution is 2.25. The van der Waals surface area contributed by atoms with Gasteiger partial charge in [0.25, 0.3) is 0 Å². The Balaban J connectivity index is 1.90. The van der Waals surface area contributed by atoms with E-state index in [1.165, 1.54) is 0 Å². The molecule has 1 aromatic rings. The molecule has 24 heavy (non-hydrogen) atoms. The molecule has 6 heteroatoms. The van der Waals surface area contributed by atoms with Crippen LogP contribution >= 0.6 is 0 Å². The van der Waals surface area contributed by atoms with E-state index < -0.39 is 0 Å². The van der Waals surface area contributed by atoms with Gasteiger partial charge in [-0.15, -0.1) is 0 Å². The Morgan fingerprint density at radius 3 is 2.67 bits per heavy atom. The van der Waals surface area contributed by atoms with Crippen molar-refractivity contribution in [2.75, 3.05) is 45.9 Å². The summed E-state index contributed by atoms with van der Waals surface area (Å²) in [5.74, 6) is 0.833. The SMILES string of the molecule is CCCOc1ccccc1C(C)NC(=O)N1CCN(CCO)CC1. The van der Waals surface area contributed by atoms with E-state index in [0.29, 0.717) is 26.2 Å². The van der Waals surface area contributed by atoms with E-state index in [9.17, 15) is 4.79 Å². The lowest BCUT2D eigenvalue weighted by atomic mass is 10.1. The Morgan fingerprint density at radius 2 is 2.00 bits per heavy atom. The summed E-state index contributed by atoms with van der Waals surface area (Å²) >= 11 is 0. The van der Waals surface area contributed by atoms with Crippen LogP contribution in [0.2, 0.25) is 0 Å². The number of para-hydroxylation sites is 1. The Labute approximate surface area is 144 Å². The van der Waals surface area contributed by atoms with Crippen molar-refractivity contribution in [2.24, 2.45) is 0 Å². The molecule has 0 saturated carbocycles. The van der Waals surface area contributed by atoms with Crippen molar-refractivity contribution in [1.29, 1.82) is 0 Å². The normalized spacial score (nSPS) is 16.7. The Bertz CT molecular complexity index is 516. The molecule has 1 aliphatic heterocycles. The molecule has 1 aromatic carbocycles. The van der Waals surface area contributed by atoms with Crippen LogP contribution in [0.25, 0.3) is 0 Å². The smallest absolute Gasteiger partial charge is 0.317 e. The van der Waals surface area contributed by atoms with E-state index in [4.69, 9.17) is 9.84 Å². The Kier molecular flexibility index (Phi) is 7.34. The molecule has 1 atom stereocenters. The minimum absolute atomic E-state index is 0.0450. The number of amides is 2. The van der Waals surface area contributed by atoms with Crippen LogP contribution in [-0.2, 0) is 0 Å². The van der Waals surface area contributed by atoms with Gasteiger partial charge in [-0.2, -0.15) is 0 Å². The number of nitrogens with zero attached hydrogens (tertiary/aromatic N) is 2. The van der Waals surface area contributed by atoms with Gasteiger partial charge >= 0.3 is 6.03 Å². The van der Waals surface area contributed by atoms with Crippen LogP contribution in [0.4, 0.5) is 4.79 Å². The molecule has 2 N–H and O–H groups in total. The van der Waals surface area contributed by atoms with Gasteiger partial charge in [0, 0.05) is 38.3 Å². The molecule has 1 aliphatic rings. The molecule has 1 saturated heterocycles. The van der Waals surface area contributed by atoms with Crippen LogP contribution in [0.5, 0.6) is 5.75 Å². The third-order valence-corrected chi connectivity index (χ3v) is 4.26. The number of piperazine rings is 1. The van der Waals surface area contributed by atoms with Gasteiger partial charge < -0.3 is 20.1 Å². The molecule has 2 amide bonds. The van der Waals surface area contributed by atoms with Crippen LogP contribution < -0.4 is 10.1 Å². The highest BCUT2D eigenvalue weighted by atomic mass is 16.5. The molecule has 6 nitrogen and oxygen atoms in total. The molecule has 1 heterocycles. The lowest BCUT2D eigenvalue weighted by molar-refractivity contribution is 0.121. The molecule has 2 rings (SSSR count). The molecule has 0 spiro atoms. The average Bonchev–Trinajstić information content (AvgIpc) is 2.61. The predicted molar refractivity (Wildman–Crippen MR) is 94.3 cm³/mol. The highest BCUT2D eigenvalue weighted by molar-refractivity contribution is 5.75. The van der Waals surface area contributed by atoms with Crippen molar-refractivity contribution in [2.45, 2.75) is 26.3 Å². The minimum Gasteiger partial charge on any atom is -0.493 e. The monoisotopic (exact) mass is 335 g/mol. The van der Waals surface area contributed by atoms with E-state index >= 15 is 0 Å². The summed E-state index contributed by atoms with van der Waals surface area (Å²) in [6.45, 7) is 8.55. The highest BCUT2D eigenvalue weighted by Gasteiger charge is 2.22. The molecule has 0 radical (unpaired) electrons. The zero-order valence-corrected chi connectivity index (χ0v) is 14.7. The van der Waals surface area contributed by atoms with Gasteiger partial charge in [-0.3, -0.25) is 4.90 Å². The number of aliphatic hydroxyl groups excluding tert-OH is 1. The molecule has 0 aliphatic carbocycles. The number of hydrogen-bond donors (Lipinski definition) is 2. The van der Waals surface area contributed by atoms with Crippen LogP contribution in [-0.4, -0.2) is 66.9 Å². The fraction of sp³-hybridized carbons (Fsp3) is 0.611. The molecular formula is C18H29N3O3. The Morgan fingerprint density at radius 1 is 1.29 bits per heavy atom. The number of hydrogen-bond acceptors (Lipinski definition) is 4. The number of rotatable bonds is 7. The van der Waals surface area contributed by atoms with Gasteiger partial charge in [-0.1, -0.05) is 25.1 Å². The molecule has 1 unspecified atom stereocenters. The van der Waals surface area contributed by atoms with Crippen molar-refractivity contribution in [3.8, 4) is 5.75 Å². The van der Waals surface area contributed by atoms with Crippen LogP contribution in [0.15, 0.2) is 24.3 Å². The van der Waals surface area contributed by atoms with E-state index in [-0.39, 0.29) is 18.7 Å². The quantitative estimate of drug-likeness (QED) is 0.798. The van der Waals surface area contributed by atoms with Crippen molar-refractivity contribution in [1.82, 2.24) is 15.1 Å². The maximum absolute atomic E-state index is 12.5. The van der Waals surface area contributed by atoms with Gasteiger partial charge in [0.05, 0.1) is 19.3 Å². The second-order valence-electron chi connectivity index (χ2n) is 6.11. The topological polar surface area (TPSA) is 65.0 Å². The fourth-order valence-electron chi connectivity index (χ4n) is 2.85. The van der Waals surface area contributed by atoms with Crippen LogP contribution in [0.1, 0.15) is 31.9 Å². The summed E-state index contributed by atoms with van der Waals surface area (Å²) in [5.41, 5.74) is 0.998. The molecular weight excluding hydrogens is 306 g/mol. The molecule has 0 aromatic heterocycles. The first-order chi connectivity index (χ1) is 11.7. The maximum atomic E-state index is 12.5. The standard InChI is InChI=1S/C18H29N3O3/c1-3-14-24-17-7-5-4-6-16(17)15(2)19-18(23)21-10-8-20(9-11-21)12-13-22/h4-7,15,22H,3,8-14H2,1-2H3,(H,19,23). The summed E-state index contributed by atoms with van der Waals surface area (Å²) in [7, 11) is 0. The number of urea groups is 1. The first-order valence-corrected chi connectivity index (χ1v) is 8.76. The van der Waals surface area contributed by atoms with Crippen molar-refractivity contribution in [3.63, 3.8) is 0 Å². The zero-order chi connectivity index (χ0) is 17.4. The lowest BCUT2D eigenvalue weighted by Crippen LogP contribution is -2.52. The summed E-state index contributed by atoms with van der Waals surface area (Å²) < 4.78 is 5.78. The summed E-state index contributed by atoms with van der Waals surface area (Å²) in [6.07, 6.45) is 0.952. The van der Waals surface area contributed by atoms with Crippen molar-refractivity contribution in [3.05, 3.63) is 29.8 Å². The third kappa shape index (κ3) is 5.11. The largest absolute Gasteiger partial charge is 0.493 e. The van der Waals surface area contributed by atoms with Gasteiger partial charge in [0.15, 0.2) is 0 Å². The zero-order valence-electron chi connectivity index (χ0n) is 14.7. The van der Waals surface area contributed by atoms with Crippen molar-refractivity contribution < 1.29 is 14.6 Å². The van der Waals surface area contributed by atoms with Gasteiger partial charge in [0.2, 0.25) is 0 Å². The van der Waals surface area contributed by atoms with Crippen LogP contribution in [0.3, 0.4) is 0 Å². The number of nitrogens with one attached hydrogen (secondary N) is 1. The average molecular weight is 335 g/mol. The van der Waals surface area contributed by atoms with Crippen molar-refractivity contribution >= 4 is 6.03 Å². The molecule has 134 valence electrons. The third-order valence-electron chi connectivity index (χ3n) is 4.26. The number of β-amino-alcohol motifs (C(OH)–C–C–N with tert-alkyl or cyclic N) is 1. The Hall–Kier alpha value is -1.79. The van der Waals surface area contributed by atoms with Gasteiger partial charge in [-0.25, -0.2) is 4.79 Å². The second kappa shape index (κ2) is 9.49. The van der Waals surface area contributed by atoms with E-state index in [1.54, 1.807) is 0 Å². The summed E-state index contributed by atoms with van der Waals surface area (Å²) in [6, 6.07) is 7.70. The maximum Gasteiger partial charge on any atom is 0.317 e. The number of carbonyl (C=O) groups is 1. The van der Waals surface area contributed by atoms with E-state index in [2.05, 4.69) is 17.1 Å². The van der Waals surface area contributed by atoms with E-state index in [0.717, 1.165) is 30.8 Å². The number of aliphatic hydroxyl groups is 1. The molecule has 0 bridgehead atoms. The fourth-order valence-corrected chi connectivity index (χ4v) is 2.85. The lowest BCUT2D eigenvalue weighted by Gasteiger charge is -2.35. The van der Waals surface area contributed by atoms with Gasteiger partial charge in [0.1, 0.15) is 5.75 Å².